The summed E-state index contributed by atoms with van der Waals surface area (Å²) >= 11 is 0. The molecule has 64 valence electrons. The van der Waals surface area contributed by atoms with E-state index in [-0.39, 0.29) is 0 Å². The Bertz CT molecular complexity index is 295. The Morgan fingerprint density at radius 1 is 1.33 bits per heavy atom. The number of nitrogens with zero attached hydrogens (tertiary/aromatic N) is 2. The van der Waals surface area contributed by atoms with Crippen molar-refractivity contribution in [3.8, 4) is 5.75 Å². The predicted molar refractivity (Wildman–Crippen MR) is 48.2 cm³/mol. The first-order valence-corrected chi connectivity index (χ1v) is 3.72. The lowest BCUT2D eigenvalue weighted by molar-refractivity contribution is 0.415. The topological polar surface area (TPSA) is 34.0 Å². The van der Waals surface area contributed by atoms with Crippen LogP contribution in [0.1, 0.15) is 5.56 Å². The number of aryl methyl sites for hydroxylation is 1. The molecule has 0 radical (unpaired) electrons. The minimum Gasteiger partial charge on any atom is -0.494 e. The van der Waals surface area contributed by atoms with Gasteiger partial charge in [-0.05, 0) is 24.6 Å². The molecule has 1 rings (SSSR count). The van der Waals surface area contributed by atoms with Crippen LogP contribution in [0.15, 0.2) is 28.4 Å². The van der Waals surface area contributed by atoms with E-state index in [0.29, 0.717) is 0 Å². The van der Waals surface area contributed by atoms with Gasteiger partial charge in [0.2, 0.25) is 0 Å². The van der Waals surface area contributed by atoms with Crippen LogP contribution in [0.25, 0.3) is 0 Å². The SMILES string of the molecule is CN=Nc1ccc(C)cc1OC. The van der Waals surface area contributed by atoms with Gasteiger partial charge in [-0.2, -0.15) is 10.2 Å². The zero-order valence-electron chi connectivity index (χ0n) is 7.53. The van der Waals surface area contributed by atoms with Crippen LogP contribution >= 0.6 is 0 Å². The van der Waals surface area contributed by atoms with Crippen LogP contribution in [0.2, 0.25) is 0 Å². The molecule has 0 amide bonds. The van der Waals surface area contributed by atoms with Crippen molar-refractivity contribution < 1.29 is 4.74 Å². The summed E-state index contributed by atoms with van der Waals surface area (Å²) in [6.45, 7) is 2.01. The number of hydrogen-bond acceptors (Lipinski definition) is 3. The van der Waals surface area contributed by atoms with Gasteiger partial charge in [0, 0.05) is 7.05 Å². The van der Waals surface area contributed by atoms with Crippen LogP contribution in [-0.4, -0.2) is 14.2 Å². The van der Waals surface area contributed by atoms with E-state index >= 15 is 0 Å². The van der Waals surface area contributed by atoms with Crippen LogP contribution < -0.4 is 4.74 Å². The lowest BCUT2D eigenvalue weighted by atomic mass is 10.2. The van der Waals surface area contributed by atoms with Crippen molar-refractivity contribution in [2.45, 2.75) is 6.92 Å². The van der Waals surface area contributed by atoms with Crippen LogP contribution in [0.4, 0.5) is 5.69 Å². The summed E-state index contributed by atoms with van der Waals surface area (Å²) in [6, 6.07) is 5.80. The summed E-state index contributed by atoms with van der Waals surface area (Å²) in [6.07, 6.45) is 0. The molecule has 0 atom stereocenters. The molecule has 0 aromatic heterocycles. The van der Waals surface area contributed by atoms with E-state index in [1.54, 1.807) is 14.2 Å². The van der Waals surface area contributed by atoms with Gasteiger partial charge in [0.1, 0.15) is 11.4 Å². The van der Waals surface area contributed by atoms with Gasteiger partial charge in [-0.25, -0.2) is 0 Å². The molecular weight excluding hydrogens is 152 g/mol. The average Bonchev–Trinajstić information content (AvgIpc) is 2.08. The van der Waals surface area contributed by atoms with Gasteiger partial charge in [-0.15, -0.1) is 0 Å². The lowest BCUT2D eigenvalue weighted by Crippen LogP contribution is -1.83. The molecule has 0 bridgehead atoms. The first-order chi connectivity index (χ1) is 5.77. The van der Waals surface area contributed by atoms with Crippen molar-refractivity contribution in [1.82, 2.24) is 0 Å². The van der Waals surface area contributed by atoms with Crippen molar-refractivity contribution >= 4 is 5.69 Å². The molecule has 1 aromatic carbocycles. The Balaban J connectivity index is 3.10. The molecule has 3 nitrogen and oxygen atoms in total. The Labute approximate surface area is 72.1 Å². The van der Waals surface area contributed by atoms with Crippen LogP contribution in [0, 0.1) is 6.92 Å². The molecule has 0 saturated carbocycles. The average molecular weight is 164 g/mol. The summed E-state index contributed by atoms with van der Waals surface area (Å²) in [5.74, 6) is 0.764. The summed E-state index contributed by atoms with van der Waals surface area (Å²) in [4.78, 5) is 0. The number of benzene rings is 1. The summed E-state index contributed by atoms with van der Waals surface area (Å²) < 4.78 is 5.12. The Kier molecular flexibility index (Phi) is 2.80. The first-order valence-electron chi connectivity index (χ1n) is 3.72. The van der Waals surface area contributed by atoms with E-state index in [9.17, 15) is 0 Å². The highest BCUT2D eigenvalue weighted by atomic mass is 16.5. The molecule has 0 spiro atoms. The third-order valence-electron chi connectivity index (χ3n) is 1.54. The largest absolute Gasteiger partial charge is 0.494 e. The summed E-state index contributed by atoms with van der Waals surface area (Å²) in [5.41, 5.74) is 1.92. The van der Waals surface area contributed by atoms with Gasteiger partial charge >= 0.3 is 0 Å². The van der Waals surface area contributed by atoms with E-state index in [1.807, 2.05) is 25.1 Å². The second-order valence-electron chi connectivity index (χ2n) is 2.48. The van der Waals surface area contributed by atoms with E-state index in [0.717, 1.165) is 17.0 Å². The van der Waals surface area contributed by atoms with Gasteiger partial charge < -0.3 is 4.74 Å². The monoisotopic (exact) mass is 164 g/mol. The Morgan fingerprint density at radius 2 is 2.08 bits per heavy atom. The maximum atomic E-state index is 5.12. The third-order valence-corrected chi connectivity index (χ3v) is 1.54. The highest BCUT2D eigenvalue weighted by molar-refractivity contribution is 5.52. The molecule has 0 aliphatic carbocycles. The molecule has 12 heavy (non-hydrogen) atoms. The number of azo groups is 1. The van der Waals surface area contributed by atoms with Gasteiger partial charge in [0.25, 0.3) is 0 Å². The molecule has 1 aromatic rings. The fourth-order valence-electron chi connectivity index (χ4n) is 0.975. The third kappa shape index (κ3) is 1.81. The van der Waals surface area contributed by atoms with Gasteiger partial charge in [0.05, 0.1) is 7.11 Å². The van der Waals surface area contributed by atoms with Crippen molar-refractivity contribution in [3.63, 3.8) is 0 Å². The van der Waals surface area contributed by atoms with Crippen molar-refractivity contribution in [2.24, 2.45) is 10.2 Å². The highest BCUT2D eigenvalue weighted by Gasteiger charge is 2.00. The van der Waals surface area contributed by atoms with Crippen LogP contribution in [0.5, 0.6) is 5.75 Å². The fraction of sp³-hybridized carbons (Fsp3) is 0.333. The Hall–Kier alpha value is -1.38. The predicted octanol–water partition coefficient (Wildman–Crippen LogP) is 2.72. The summed E-state index contributed by atoms with van der Waals surface area (Å²) in [7, 11) is 3.27. The zero-order valence-corrected chi connectivity index (χ0v) is 7.53. The number of methoxy groups -OCH3 is 1. The van der Waals surface area contributed by atoms with Crippen LogP contribution in [-0.2, 0) is 0 Å². The quantitative estimate of drug-likeness (QED) is 0.619. The summed E-state index contributed by atoms with van der Waals surface area (Å²) in [5, 5.41) is 7.61. The molecule has 0 saturated heterocycles. The molecule has 0 unspecified atom stereocenters. The lowest BCUT2D eigenvalue weighted by Gasteiger charge is -2.03. The number of rotatable bonds is 2. The molecule has 0 fully saturated rings. The second-order valence-corrected chi connectivity index (χ2v) is 2.48. The van der Waals surface area contributed by atoms with E-state index in [4.69, 9.17) is 4.74 Å². The van der Waals surface area contributed by atoms with E-state index in [1.165, 1.54) is 0 Å². The second kappa shape index (κ2) is 3.85. The van der Waals surface area contributed by atoms with Crippen molar-refractivity contribution in [3.05, 3.63) is 23.8 Å². The molecule has 0 heterocycles. The minimum absolute atomic E-state index is 0.764. The highest BCUT2D eigenvalue weighted by Crippen LogP contribution is 2.27. The van der Waals surface area contributed by atoms with Gasteiger partial charge in [-0.1, -0.05) is 6.07 Å². The Morgan fingerprint density at radius 3 is 2.67 bits per heavy atom. The zero-order chi connectivity index (χ0) is 8.97. The smallest absolute Gasteiger partial charge is 0.146 e. The van der Waals surface area contributed by atoms with Gasteiger partial charge in [-0.3, -0.25) is 0 Å². The van der Waals surface area contributed by atoms with E-state index < -0.39 is 0 Å². The molecule has 0 aliphatic heterocycles. The molecule has 0 aliphatic rings. The number of ether oxygens (including phenoxy) is 1. The first kappa shape index (κ1) is 8.71. The molecule has 3 heteroatoms. The van der Waals surface area contributed by atoms with Crippen LogP contribution in [0.3, 0.4) is 0 Å². The van der Waals surface area contributed by atoms with E-state index in [2.05, 4.69) is 10.2 Å². The molecular formula is C9H12N2O. The normalized spacial score (nSPS) is 10.6. The maximum Gasteiger partial charge on any atom is 0.146 e. The fourth-order valence-corrected chi connectivity index (χ4v) is 0.975. The minimum atomic E-state index is 0.764. The maximum absolute atomic E-state index is 5.12. The number of hydrogen-bond donors (Lipinski definition) is 0. The van der Waals surface area contributed by atoms with Crippen molar-refractivity contribution in [1.29, 1.82) is 0 Å². The molecule has 0 N–H and O–H groups in total. The standard InChI is InChI=1S/C9H12N2O/c1-7-4-5-8(11-10-2)9(6-7)12-3/h4-6H,1-3H3. The van der Waals surface area contributed by atoms with Gasteiger partial charge in [0.15, 0.2) is 0 Å². The van der Waals surface area contributed by atoms with Crippen molar-refractivity contribution in [2.75, 3.05) is 14.2 Å².